The topological polar surface area (TPSA) is 262 Å². The van der Waals surface area contributed by atoms with Crippen molar-refractivity contribution in [2.45, 2.75) is 0 Å². The predicted octanol–water partition coefficient (Wildman–Crippen LogP) is -7.89. The Bertz CT molecular complexity index is 233. The molecule has 13 heteroatoms. The van der Waals surface area contributed by atoms with Crippen LogP contribution in [0.2, 0.25) is 0 Å². The summed E-state index contributed by atoms with van der Waals surface area (Å²) in [6.07, 6.45) is 0. The summed E-state index contributed by atoms with van der Waals surface area (Å²) in [5.41, 5.74) is 18.1. The van der Waals surface area contributed by atoms with Gasteiger partial charge in [0.25, 0.3) is 0 Å². The van der Waals surface area contributed by atoms with Gasteiger partial charge in [-0.2, -0.15) is 0 Å². The van der Waals surface area contributed by atoms with Crippen LogP contribution in [0.25, 0.3) is 0 Å². The Morgan fingerprint density at radius 3 is 0.762 bits per heavy atom. The van der Waals surface area contributed by atoms with Crippen molar-refractivity contribution in [3.05, 3.63) is 0 Å². The molecule has 0 aliphatic carbocycles. The van der Waals surface area contributed by atoms with Gasteiger partial charge in [0.2, 0.25) is 0 Å². The van der Waals surface area contributed by atoms with Crippen LogP contribution in [-0.4, -0.2) is 55.2 Å². The molecule has 0 saturated carbocycles. The van der Waals surface area contributed by atoms with Crippen LogP contribution in [0.5, 0.6) is 0 Å². The zero-order valence-electron chi connectivity index (χ0n) is 10.9. The maximum absolute atomic E-state index is 9.24. The normalized spacial score (nSPS) is 7.05. The van der Waals surface area contributed by atoms with E-state index in [4.69, 9.17) is 34.8 Å². The quantitative estimate of drug-likeness (QED) is 0.272. The molecule has 0 aromatic heterocycles. The standard InChI is InChI=1S/4C2H5NO2.Nd/c4*3-1-2(4)5;/h4*1,3H2,(H,4,5);/q;;;;+3/p-3. The van der Waals surface area contributed by atoms with Crippen LogP contribution in [0.1, 0.15) is 0 Å². The molecule has 0 saturated heterocycles. The Morgan fingerprint density at radius 1 is 0.667 bits per heavy atom. The maximum atomic E-state index is 9.24. The molecular formula is C8H17N4NdO8. The molecule has 0 aromatic rings. The van der Waals surface area contributed by atoms with Gasteiger partial charge >= 0.3 is 46.8 Å². The molecule has 0 atom stereocenters. The molecule has 9 N–H and O–H groups in total. The zero-order chi connectivity index (χ0) is 17.1. The summed E-state index contributed by atoms with van der Waals surface area (Å²) < 4.78 is 0. The number of carbonyl (C=O) groups excluding carboxylic acids is 3. The van der Waals surface area contributed by atoms with E-state index in [-0.39, 0.29) is 67.0 Å². The number of nitrogens with two attached hydrogens (primary N) is 4. The Morgan fingerprint density at radius 2 is 0.762 bits per heavy atom. The van der Waals surface area contributed by atoms with Crippen molar-refractivity contribution in [1.82, 2.24) is 0 Å². The molecule has 21 heavy (non-hydrogen) atoms. The minimum Gasteiger partial charge on any atom is -0.549 e. The first-order chi connectivity index (χ1) is 9.08. The van der Waals surface area contributed by atoms with Crippen LogP contribution < -0.4 is 38.3 Å². The number of carboxylic acids is 4. The number of carboxylic acid groups (broad SMARTS) is 4. The van der Waals surface area contributed by atoms with E-state index >= 15 is 0 Å². The third-order valence-corrected chi connectivity index (χ3v) is 0.675. The fourth-order valence-electron chi connectivity index (χ4n) is 0. The summed E-state index contributed by atoms with van der Waals surface area (Å²) in [5.74, 6) is -4.62. The Kier molecular flexibility index (Phi) is 42.0. The predicted molar refractivity (Wildman–Crippen MR) is 58.9 cm³/mol. The van der Waals surface area contributed by atoms with Gasteiger partial charge < -0.3 is 57.7 Å². The van der Waals surface area contributed by atoms with Crippen molar-refractivity contribution < 1.29 is 80.4 Å². The van der Waals surface area contributed by atoms with Crippen molar-refractivity contribution in [1.29, 1.82) is 0 Å². The van der Waals surface area contributed by atoms with Crippen LogP contribution in [-0.2, 0) is 19.2 Å². The first kappa shape index (κ1) is 32.1. The molecule has 0 aliphatic rings. The monoisotopic (exact) mass is 439 g/mol. The van der Waals surface area contributed by atoms with E-state index in [0.29, 0.717) is 0 Å². The second-order valence-electron chi connectivity index (χ2n) is 2.33. The van der Waals surface area contributed by atoms with Gasteiger partial charge in [-0.1, -0.05) is 0 Å². The van der Waals surface area contributed by atoms with E-state index in [0.717, 1.165) is 0 Å². The summed E-state index contributed by atoms with van der Waals surface area (Å²) in [7, 11) is 0. The molecule has 0 bridgehead atoms. The average molecular weight is 441 g/mol. The Hall–Kier alpha value is -0.929. The zero-order valence-corrected chi connectivity index (χ0v) is 14.2. The van der Waals surface area contributed by atoms with Gasteiger partial charge in [-0.25, -0.2) is 0 Å². The molecule has 1 radical (unpaired) electrons. The average Bonchev–Trinajstić information content (AvgIpc) is 2.40. The molecule has 0 spiro atoms. The summed E-state index contributed by atoms with van der Waals surface area (Å²) in [6, 6.07) is 0. The fraction of sp³-hybridized carbons (Fsp3) is 0.500. The fourth-order valence-corrected chi connectivity index (χ4v) is 0. The SMILES string of the molecule is NCC(=O)O.NCC(=O)[O-].NCC(=O)[O-].NCC(=O)[O-].[Nd+3]. The molecule has 0 aromatic carbocycles. The van der Waals surface area contributed by atoms with E-state index in [9.17, 15) is 4.79 Å². The smallest absolute Gasteiger partial charge is 0.549 e. The van der Waals surface area contributed by atoms with Crippen LogP contribution in [0, 0.1) is 40.8 Å². The van der Waals surface area contributed by atoms with Gasteiger partial charge in [0.05, 0.1) is 24.5 Å². The van der Waals surface area contributed by atoms with Gasteiger partial charge in [-0.05, 0) is 0 Å². The van der Waals surface area contributed by atoms with Gasteiger partial charge in [0.1, 0.15) is 0 Å². The van der Waals surface area contributed by atoms with Crippen molar-refractivity contribution >= 4 is 23.9 Å². The van der Waals surface area contributed by atoms with Gasteiger partial charge in [-0.15, -0.1) is 0 Å². The summed E-state index contributed by atoms with van der Waals surface area (Å²) in [4.78, 5) is 36.6. The van der Waals surface area contributed by atoms with E-state index < -0.39 is 23.9 Å². The van der Waals surface area contributed by atoms with Crippen molar-refractivity contribution in [3.63, 3.8) is 0 Å². The van der Waals surface area contributed by atoms with Gasteiger partial charge in [0.15, 0.2) is 0 Å². The van der Waals surface area contributed by atoms with E-state index in [1.165, 1.54) is 0 Å². The molecule has 0 amide bonds. The Balaban J connectivity index is -0.0000000533. The number of carbonyl (C=O) groups is 4. The van der Waals surface area contributed by atoms with Crippen LogP contribution >= 0.6 is 0 Å². The third-order valence-electron chi connectivity index (χ3n) is 0.675. The summed E-state index contributed by atoms with van der Waals surface area (Å²) >= 11 is 0. The first-order valence-corrected chi connectivity index (χ1v) is 4.70. The number of aliphatic carboxylic acids is 4. The van der Waals surface area contributed by atoms with Crippen molar-refractivity contribution in [2.75, 3.05) is 26.2 Å². The van der Waals surface area contributed by atoms with Crippen molar-refractivity contribution in [2.24, 2.45) is 22.9 Å². The van der Waals surface area contributed by atoms with Gasteiger partial charge in [-0.3, -0.25) is 4.79 Å². The van der Waals surface area contributed by atoms with Crippen LogP contribution in [0.3, 0.4) is 0 Å². The second kappa shape index (κ2) is 27.4. The van der Waals surface area contributed by atoms with E-state index in [1.807, 2.05) is 0 Å². The summed E-state index contributed by atoms with van der Waals surface area (Å²) in [6.45, 7) is -1.44. The summed E-state index contributed by atoms with van der Waals surface area (Å²) in [5, 5.41) is 35.0. The largest absolute Gasteiger partial charge is 3.00 e. The third kappa shape index (κ3) is 111. The molecule has 12 nitrogen and oxygen atoms in total. The molecule has 0 fully saturated rings. The first-order valence-electron chi connectivity index (χ1n) is 4.70. The molecule has 0 rings (SSSR count). The maximum Gasteiger partial charge on any atom is 3.00 e. The van der Waals surface area contributed by atoms with Crippen LogP contribution in [0.15, 0.2) is 0 Å². The molecular weight excluding hydrogens is 424 g/mol. The molecule has 0 unspecified atom stereocenters. The van der Waals surface area contributed by atoms with E-state index in [2.05, 4.69) is 22.9 Å². The second-order valence-corrected chi connectivity index (χ2v) is 2.33. The van der Waals surface area contributed by atoms with Crippen molar-refractivity contribution in [3.8, 4) is 0 Å². The molecule has 121 valence electrons. The number of hydrogen-bond acceptors (Lipinski definition) is 11. The minimum absolute atomic E-state index is 0. The number of hydrogen-bond donors (Lipinski definition) is 5. The molecule has 0 heterocycles. The number of rotatable bonds is 4. The molecule has 0 aliphatic heterocycles. The van der Waals surface area contributed by atoms with E-state index in [1.54, 1.807) is 0 Å². The van der Waals surface area contributed by atoms with Crippen LogP contribution in [0.4, 0.5) is 0 Å². The van der Waals surface area contributed by atoms with Gasteiger partial charge in [0, 0.05) is 19.6 Å². The Labute approximate surface area is 153 Å². The minimum atomic E-state index is -1.22.